The summed E-state index contributed by atoms with van der Waals surface area (Å²) in [6, 6.07) is 8.65. The molecule has 0 atom stereocenters. The van der Waals surface area contributed by atoms with Crippen LogP contribution in [0, 0.1) is 0 Å². The predicted octanol–water partition coefficient (Wildman–Crippen LogP) is 3.50. The third-order valence-electron chi connectivity index (χ3n) is 3.85. The molecule has 2 nitrogen and oxygen atoms in total. The molecule has 1 aliphatic heterocycles. The number of aliphatic imine (C=N–C) groups is 1. The maximum Gasteiger partial charge on any atom is 0.195 e. The monoisotopic (exact) mass is 294 g/mol. The van der Waals surface area contributed by atoms with Gasteiger partial charge in [0.2, 0.25) is 0 Å². The summed E-state index contributed by atoms with van der Waals surface area (Å²) in [5, 5.41) is 0.680. The molecule has 0 spiro atoms. The van der Waals surface area contributed by atoms with Crippen molar-refractivity contribution in [2.75, 3.05) is 13.1 Å². The largest absolute Gasteiger partial charge is 0.347 e. The van der Waals surface area contributed by atoms with Crippen molar-refractivity contribution >= 4 is 23.0 Å². The Morgan fingerprint density at radius 3 is 2.14 bits per heavy atom. The normalized spacial score (nSPS) is 17.4. The van der Waals surface area contributed by atoms with E-state index in [0.29, 0.717) is 5.11 Å². The summed E-state index contributed by atoms with van der Waals surface area (Å²) in [6.07, 6.45) is 9.90. The number of rotatable bonds is 0. The maximum atomic E-state index is 5.50. The van der Waals surface area contributed by atoms with E-state index in [0.717, 1.165) is 37.2 Å². The molecular formula is C18H18N2S. The Kier molecular flexibility index (Phi) is 4.11. The number of hydrogen-bond acceptors (Lipinski definition) is 1. The lowest BCUT2D eigenvalue weighted by atomic mass is 10.0. The van der Waals surface area contributed by atoms with Gasteiger partial charge in [0.25, 0.3) is 0 Å². The second-order valence-corrected chi connectivity index (χ2v) is 5.68. The highest BCUT2D eigenvalue weighted by molar-refractivity contribution is 7.80. The van der Waals surface area contributed by atoms with Crippen molar-refractivity contribution in [3.05, 3.63) is 71.8 Å². The van der Waals surface area contributed by atoms with Crippen molar-refractivity contribution in [3.8, 4) is 0 Å². The first kappa shape index (κ1) is 14.0. The van der Waals surface area contributed by atoms with Crippen LogP contribution in [0.2, 0.25) is 0 Å². The van der Waals surface area contributed by atoms with Gasteiger partial charge in [0.15, 0.2) is 5.11 Å². The fraction of sp³-hybridized carbons (Fsp3) is 0.222. The molecule has 1 heterocycles. The molecule has 1 aromatic rings. The molecule has 21 heavy (non-hydrogen) atoms. The van der Waals surface area contributed by atoms with Crippen LogP contribution in [-0.2, 0) is 12.8 Å². The second-order valence-electron chi connectivity index (χ2n) is 5.32. The topological polar surface area (TPSA) is 15.6 Å². The number of allylic oxidation sites excluding steroid dienone is 5. The summed E-state index contributed by atoms with van der Waals surface area (Å²) in [4.78, 5) is 6.76. The SMILES string of the molecule is C=C1C=CC(=NC(=S)N2CCc3ccccc3CC2)C=C1. The van der Waals surface area contributed by atoms with E-state index in [1.165, 1.54) is 11.1 Å². The molecule has 0 amide bonds. The molecule has 3 heteroatoms. The molecule has 1 aliphatic carbocycles. The van der Waals surface area contributed by atoms with Gasteiger partial charge in [-0.2, -0.15) is 0 Å². The van der Waals surface area contributed by atoms with Crippen molar-refractivity contribution < 1.29 is 0 Å². The molecule has 1 aromatic carbocycles. The fourth-order valence-corrected chi connectivity index (χ4v) is 2.90. The molecule has 0 saturated carbocycles. The number of thiocarbonyl (C=S) groups is 1. The molecule has 0 fully saturated rings. The van der Waals surface area contributed by atoms with Crippen LogP contribution in [0.25, 0.3) is 0 Å². The van der Waals surface area contributed by atoms with E-state index in [4.69, 9.17) is 12.2 Å². The molecule has 0 unspecified atom stereocenters. The second kappa shape index (κ2) is 6.19. The van der Waals surface area contributed by atoms with Gasteiger partial charge in [0.05, 0.1) is 5.71 Å². The first-order valence-electron chi connectivity index (χ1n) is 7.22. The van der Waals surface area contributed by atoms with Gasteiger partial charge in [-0.25, -0.2) is 4.99 Å². The summed E-state index contributed by atoms with van der Waals surface area (Å²) >= 11 is 5.50. The highest BCUT2D eigenvalue weighted by atomic mass is 32.1. The molecular weight excluding hydrogens is 276 g/mol. The summed E-state index contributed by atoms with van der Waals surface area (Å²) in [7, 11) is 0. The average Bonchev–Trinajstić information content (AvgIpc) is 2.72. The van der Waals surface area contributed by atoms with Gasteiger partial charge in [-0.15, -0.1) is 0 Å². The van der Waals surface area contributed by atoms with E-state index in [-0.39, 0.29) is 0 Å². The van der Waals surface area contributed by atoms with Crippen LogP contribution in [0.5, 0.6) is 0 Å². The van der Waals surface area contributed by atoms with Crippen LogP contribution < -0.4 is 0 Å². The van der Waals surface area contributed by atoms with Gasteiger partial charge in [-0.1, -0.05) is 43.0 Å². The molecule has 3 rings (SSSR count). The summed E-state index contributed by atoms with van der Waals surface area (Å²) in [5.74, 6) is 0. The molecule has 2 aliphatic rings. The zero-order valence-corrected chi connectivity index (χ0v) is 12.8. The molecule has 0 saturated heterocycles. The molecule has 0 aromatic heterocycles. The van der Waals surface area contributed by atoms with Crippen molar-refractivity contribution in [2.45, 2.75) is 12.8 Å². The van der Waals surface area contributed by atoms with E-state index in [2.05, 4.69) is 40.7 Å². The zero-order chi connectivity index (χ0) is 14.7. The summed E-state index contributed by atoms with van der Waals surface area (Å²) < 4.78 is 0. The van der Waals surface area contributed by atoms with Gasteiger partial charge >= 0.3 is 0 Å². The minimum absolute atomic E-state index is 0.680. The van der Waals surface area contributed by atoms with Gasteiger partial charge in [0, 0.05) is 13.1 Å². The van der Waals surface area contributed by atoms with Crippen molar-refractivity contribution in [1.82, 2.24) is 4.90 Å². The van der Waals surface area contributed by atoms with E-state index >= 15 is 0 Å². The third kappa shape index (κ3) is 3.37. The van der Waals surface area contributed by atoms with Gasteiger partial charge < -0.3 is 4.90 Å². The van der Waals surface area contributed by atoms with Crippen molar-refractivity contribution in [3.63, 3.8) is 0 Å². The van der Waals surface area contributed by atoms with E-state index < -0.39 is 0 Å². The van der Waals surface area contributed by atoms with E-state index in [1.54, 1.807) is 0 Å². The average molecular weight is 294 g/mol. The minimum Gasteiger partial charge on any atom is -0.347 e. The van der Waals surface area contributed by atoms with Crippen LogP contribution in [0.3, 0.4) is 0 Å². The lowest BCUT2D eigenvalue weighted by Crippen LogP contribution is -2.31. The highest BCUT2D eigenvalue weighted by Crippen LogP contribution is 2.16. The van der Waals surface area contributed by atoms with Crippen molar-refractivity contribution in [2.24, 2.45) is 4.99 Å². The Balaban J connectivity index is 1.70. The van der Waals surface area contributed by atoms with Gasteiger partial charge in [-0.05, 0) is 53.9 Å². The Morgan fingerprint density at radius 1 is 1.00 bits per heavy atom. The van der Waals surface area contributed by atoms with Crippen molar-refractivity contribution in [1.29, 1.82) is 0 Å². The maximum absolute atomic E-state index is 5.50. The Morgan fingerprint density at radius 2 is 1.57 bits per heavy atom. The van der Waals surface area contributed by atoms with Crippen LogP contribution in [0.4, 0.5) is 0 Å². The molecule has 0 radical (unpaired) electrons. The standard InChI is InChI=1S/C18H18N2S/c1-14-6-8-17(9-7-14)19-18(21)20-12-10-15-4-2-3-5-16(15)11-13-20/h2-9H,1,10-13H2. The number of hydrogen-bond donors (Lipinski definition) is 0. The smallest absolute Gasteiger partial charge is 0.195 e. The first-order valence-corrected chi connectivity index (χ1v) is 7.63. The Bertz CT molecular complexity index is 623. The van der Waals surface area contributed by atoms with Crippen LogP contribution in [-0.4, -0.2) is 28.8 Å². The first-order chi connectivity index (χ1) is 10.2. The number of nitrogens with zero attached hydrogens (tertiary/aromatic N) is 2. The van der Waals surface area contributed by atoms with Crippen LogP contribution in [0.1, 0.15) is 11.1 Å². The molecule has 0 N–H and O–H groups in total. The lowest BCUT2D eigenvalue weighted by Gasteiger charge is -2.20. The molecule has 106 valence electrons. The van der Waals surface area contributed by atoms with Crippen LogP contribution in [0.15, 0.2) is 65.7 Å². The number of benzene rings is 1. The predicted molar refractivity (Wildman–Crippen MR) is 92.9 cm³/mol. The number of fused-ring (bicyclic) bond motifs is 1. The fourth-order valence-electron chi connectivity index (χ4n) is 2.61. The molecule has 0 bridgehead atoms. The van der Waals surface area contributed by atoms with E-state index in [1.807, 2.05) is 24.3 Å². The zero-order valence-electron chi connectivity index (χ0n) is 12.0. The quantitative estimate of drug-likeness (QED) is 0.681. The summed E-state index contributed by atoms with van der Waals surface area (Å²) in [5.41, 5.74) is 4.76. The third-order valence-corrected chi connectivity index (χ3v) is 4.20. The Labute approximate surface area is 131 Å². The van der Waals surface area contributed by atoms with E-state index in [9.17, 15) is 0 Å². The highest BCUT2D eigenvalue weighted by Gasteiger charge is 2.15. The summed E-state index contributed by atoms with van der Waals surface area (Å²) in [6.45, 7) is 5.76. The Hall–Kier alpha value is -2.00. The van der Waals surface area contributed by atoms with Crippen LogP contribution >= 0.6 is 12.2 Å². The van der Waals surface area contributed by atoms with Gasteiger partial charge in [0.1, 0.15) is 0 Å². The minimum atomic E-state index is 0.680. The van der Waals surface area contributed by atoms with Gasteiger partial charge in [-0.3, -0.25) is 0 Å². The lowest BCUT2D eigenvalue weighted by molar-refractivity contribution is 0.442.